The first-order valence-corrected chi connectivity index (χ1v) is 8.06. The predicted molar refractivity (Wildman–Crippen MR) is 83.3 cm³/mol. The van der Waals surface area contributed by atoms with Crippen LogP contribution in [0.25, 0.3) is 11.7 Å². The summed E-state index contributed by atoms with van der Waals surface area (Å²) >= 11 is 0. The molecule has 0 aromatic carbocycles. The molecule has 2 N–H and O–H groups in total. The fourth-order valence-electron chi connectivity index (χ4n) is 3.70. The molecule has 2 aromatic heterocycles. The Morgan fingerprint density at radius 1 is 1.26 bits per heavy atom. The lowest BCUT2D eigenvalue weighted by atomic mass is 9.88. The molecule has 7 heteroatoms. The molecule has 120 valence electrons. The number of nitrogens with zero attached hydrogens (tertiary/aromatic N) is 3. The molecular weight excluding hydrogens is 296 g/mol. The Hall–Kier alpha value is -2.44. The van der Waals surface area contributed by atoms with E-state index in [1.807, 2.05) is 4.40 Å². The van der Waals surface area contributed by atoms with E-state index in [-0.39, 0.29) is 11.2 Å². The summed E-state index contributed by atoms with van der Waals surface area (Å²) in [6.07, 6.45) is 9.27. The van der Waals surface area contributed by atoms with Gasteiger partial charge >= 0.3 is 5.97 Å². The molecule has 2 aliphatic carbocycles. The van der Waals surface area contributed by atoms with Gasteiger partial charge in [-0.15, -0.1) is 10.2 Å². The van der Waals surface area contributed by atoms with E-state index in [4.69, 9.17) is 0 Å². The zero-order valence-corrected chi connectivity index (χ0v) is 12.7. The molecule has 23 heavy (non-hydrogen) atoms. The highest BCUT2D eigenvalue weighted by atomic mass is 16.4. The van der Waals surface area contributed by atoms with E-state index in [1.54, 1.807) is 12.2 Å². The van der Waals surface area contributed by atoms with Gasteiger partial charge in [-0.2, -0.15) is 0 Å². The van der Waals surface area contributed by atoms with Gasteiger partial charge in [-0.1, -0.05) is 25.3 Å². The molecule has 0 aliphatic heterocycles. The van der Waals surface area contributed by atoms with Crippen LogP contribution in [0.3, 0.4) is 0 Å². The number of aliphatic carboxylic acids is 1. The summed E-state index contributed by atoms with van der Waals surface area (Å²) in [5.74, 6) is -0.350. The van der Waals surface area contributed by atoms with Gasteiger partial charge in [0.05, 0.1) is 17.3 Å². The summed E-state index contributed by atoms with van der Waals surface area (Å²) in [5, 5.41) is 17.6. The molecule has 7 nitrogen and oxygen atoms in total. The fraction of sp³-hybridized carbons (Fsp3) is 0.500. The molecule has 2 aliphatic rings. The number of carboxylic acid groups (broad SMARTS) is 1. The molecule has 0 amide bonds. The van der Waals surface area contributed by atoms with Crippen LogP contribution in [0.1, 0.15) is 55.2 Å². The van der Waals surface area contributed by atoms with Gasteiger partial charge in [0, 0.05) is 12.3 Å². The van der Waals surface area contributed by atoms with E-state index in [2.05, 4.69) is 15.2 Å². The van der Waals surface area contributed by atoms with Crippen molar-refractivity contribution in [1.82, 2.24) is 19.6 Å². The second-order valence-electron chi connectivity index (χ2n) is 6.37. The quantitative estimate of drug-likeness (QED) is 0.879. The van der Waals surface area contributed by atoms with Gasteiger partial charge in [0.1, 0.15) is 5.82 Å². The van der Waals surface area contributed by atoms with Crippen molar-refractivity contribution in [1.29, 1.82) is 0 Å². The standard InChI is InChI=1S/C16H18N4O3/c21-15-14-19-18-13(9-4-2-1-3-5-9)20(14)12-8-10(16(22)23)6-7-11(12)17-15/h6-7,9-10H,1-5,8H2,(H,17,21)(H,22,23). The SMILES string of the molecule is O=C(O)C1C=Cc2[nH]c(=O)c3nnc(C4CCCCC4)n3c2C1. The zero-order valence-electron chi connectivity index (χ0n) is 12.7. The third-order valence-corrected chi connectivity index (χ3v) is 4.92. The van der Waals surface area contributed by atoms with E-state index in [0.29, 0.717) is 18.0 Å². The fourth-order valence-corrected chi connectivity index (χ4v) is 3.70. The largest absolute Gasteiger partial charge is 0.481 e. The Morgan fingerprint density at radius 3 is 2.78 bits per heavy atom. The monoisotopic (exact) mass is 314 g/mol. The predicted octanol–water partition coefficient (Wildman–Crippen LogP) is 1.74. The van der Waals surface area contributed by atoms with Gasteiger partial charge in [0.25, 0.3) is 5.56 Å². The molecule has 0 bridgehead atoms. The highest BCUT2D eigenvalue weighted by Gasteiger charge is 2.28. The van der Waals surface area contributed by atoms with Crippen LogP contribution < -0.4 is 5.56 Å². The van der Waals surface area contributed by atoms with Crippen molar-refractivity contribution in [3.8, 4) is 0 Å². The van der Waals surface area contributed by atoms with Gasteiger partial charge in [-0.3, -0.25) is 14.0 Å². The minimum Gasteiger partial charge on any atom is -0.481 e. The van der Waals surface area contributed by atoms with Crippen LogP contribution >= 0.6 is 0 Å². The molecule has 0 radical (unpaired) electrons. The van der Waals surface area contributed by atoms with Crippen LogP contribution in [0.2, 0.25) is 0 Å². The third kappa shape index (κ3) is 2.27. The molecule has 0 spiro atoms. The van der Waals surface area contributed by atoms with Crippen LogP contribution in [-0.4, -0.2) is 30.7 Å². The summed E-state index contributed by atoms with van der Waals surface area (Å²) in [5.41, 5.74) is 1.44. The van der Waals surface area contributed by atoms with Gasteiger partial charge in [-0.05, 0) is 18.9 Å². The van der Waals surface area contributed by atoms with Crippen LogP contribution in [0, 0.1) is 5.92 Å². The summed E-state index contributed by atoms with van der Waals surface area (Å²) in [6.45, 7) is 0. The molecule has 0 saturated heterocycles. The van der Waals surface area contributed by atoms with Crippen LogP contribution in [0.15, 0.2) is 10.9 Å². The average molecular weight is 314 g/mol. The van der Waals surface area contributed by atoms with E-state index in [9.17, 15) is 14.7 Å². The minimum absolute atomic E-state index is 0.267. The Morgan fingerprint density at radius 2 is 2.04 bits per heavy atom. The molecule has 1 atom stereocenters. The summed E-state index contributed by atoms with van der Waals surface area (Å²) < 4.78 is 1.81. The van der Waals surface area contributed by atoms with Crippen molar-refractivity contribution in [2.45, 2.75) is 44.4 Å². The molecule has 2 heterocycles. The Labute approximate surface area is 132 Å². The number of H-pyrrole nitrogens is 1. The van der Waals surface area contributed by atoms with Crippen LogP contribution in [0.5, 0.6) is 0 Å². The molecule has 4 rings (SSSR count). The first-order chi connectivity index (χ1) is 11.1. The van der Waals surface area contributed by atoms with E-state index in [1.165, 1.54) is 6.42 Å². The van der Waals surface area contributed by atoms with Crippen molar-refractivity contribution in [3.05, 3.63) is 33.6 Å². The lowest BCUT2D eigenvalue weighted by Crippen LogP contribution is -2.25. The number of nitrogens with one attached hydrogen (secondary N) is 1. The van der Waals surface area contributed by atoms with Gasteiger partial charge in [0.2, 0.25) is 5.65 Å². The Balaban J connectivity index is 1.91. The molecule has 1 unspecified atom stereocenters. The first kappa shape index (κ1) is 14.2. The number of fused-ring (bicyclic) bond motifs is 3. The number of hydrogen-bond donors (Lipinski definition) is 2. The molecule has 1 fully saturated rings. The lowest BCUT2D eigenvalue weighted by Gasteiger charge is -2.22. The van der Waals surface area contributed by atoms with E-state index < -0.39 is 11.9 Å². The second kappa shape index (κ2) is 5.33. The van der Waals surface area contributed by atoms with Crippen LogP contribution in [-0.2, 0) is 11.2 Å². The highest BCUT2D eigenvalue weighted by Crippen LogP contribution is 2.33. The first-order valence-electron chi connectivity index (χ1n) is 8.06. The van der Waals surface area contributed by atoms with Gasteiger partial charge < -0.3 is 10.1 Å². The summed E-state index contributed by atoms with van der Waals surface area (Å²) in [7, 11) is 0. The number of rotatable bonds is 2. The topological polar surface area (TPSA) is 100 Å². The number of carboxylic acids is 1. The van der Waals surface area contributed by atoms with E-state index in [0.717, 1.165) is 37.2 Å². The van der Waals surface area contributed by atoms with Crippen molar-refractivity contribution in [2.75, 3.05) is 0 Å². The summed E-state index contributed by atoms with van der Waals surface area (Å²) in [6, 6.07) is 0. The van der Waals surface area contributed by atoms with Gasteiger partial charge in [-0.25, -0.2) is 0 Å². The van der Waals surface area contributed by atoms with Crippen LogP contribution in [0.4, 0.5) is 0 Å². The lowest BCUT2D eigenvalue weighted by molar-refractivity contribution is -0.140. The van der Waals surface area contributed by atoms with E-state index >= 15 is 0 Å². The number of aromatic nitrogens is 4. The smallest absolute Gasteiger partial charge is 0.310 e. The zero-order chi connectivity index (χ0) is 16.0. The second-order valence-corrected chi connectivity index (χ2v) is 6.37. The van der Waals surface area contributed by atoms with Crippen molar-refractivity contribution < 1.29 is 9.90 Å². The highest BCUT2D eigenvalue weighted by molar-refractivity contribution is 5.76. The molecule has 1 saturated carbocycles. The minimum atomic E-state index is -0.862. The average Bonchev–Trinajstić information content (AvgIpc) is 3.01. The maximum atomic E-state index is 12.2. The number of aromatic amines is 1. The maximum Gasteiger partial charge on any atom is 0.310 e. The number of hydrogen-bond acceptors (Lipinski definition) is 4. The Bertz CT molecular complexity index is 858. The van der Waals surface area contributed by atoms with Crippen molar-refractivity contribution >= 4 is 17.7 Å². The number of carbonyl (C=O) groups is 1. The normalized spacial score (nSPS) is 21.5. The Kier molecular flexibility index (Phi) is 3.28. The van der Waals surface area contributed by atoms with Gasteiger partial charge in [0.15, 0.2) is 0 Å². The molecular formula is C16H18N4O3. The molecule has 2 aromatic rings. The third-order valence-electron chi connectivity index (χ3n) is 4.92. The maximum absolute atomic E-state index is 12.2. The van der Waals surface area contributed by atoms with Crippen molar-refractivity contribution in [2.24, 2.45) is 5.92 Å². The summed E-state index contributed by atoms with van der Waals surface area (Å²) in [4.78, 5) is 26.3. The van der Waals surface area contributed by atoms with Crippen molar-refractivity contribution in [3.63, 3.8) is 0 Å².